The Bertz CT molecular complexity index is 821. The van der Waals surface area contributed by atoms with Crippen molar-refractivity contribution in [2.75, 3.05) is 0 Å². The molecule has 22 heavy (non-hydrogen) atoms. The van der Waals surface area contributed by atoms with E-state index in [2.05, 4.69) is 15.0 Å². The highest BCUT2D eigenvalue weighted by molar-refractivity contribution is 6.33. The molecule has 110 valence electrons. The Hall–Kier alpha value is -2.73. The van der Waals surface area contributed by atoms with Crippen LogP contribution >= 0.6 is 11.6 Å². The zero-order chi connectivity index (χ0) is 15.7. The fraction of sp³-hybridized carbons (Fsp3) is 0. The van der Waals surface area contributed by atoms with Crippen LogP contribution in [0.15, 0.2) is 42.7 Å². The molecule has 0 atom stereocenters. The zero-order valence-electron chi connectivity index (χ0n) is 11.3. The number of H-pyrrole nitrogens is 1. The first-order chi connectivity index (χ1) is 10.6. The normalized spacial score (nSPS) is 10.6. The second-order valence-electron chi connectivity index (χ2n) is 4.59. The minimum absolute atomic E-state index is 0.102. The van der Waals surface area contributed by atoms with Crippen molar-refractivity contribution in [2.24, 2.45) is 5.73 Å². The average Bonchev–Trinajstić information content (AvgIpc) is 2.97. The third-order valence-electron chi connectivity index (χ3n) is 3.13. The Kier molecular flexibility index (Phi) is 3.60. The Morgan fingerprint density at radius 2 is 2.00 bits per heavy atom. The molecular weight excluding hydrogens is 305 g/mol. The number of nitrogen functional groups attached to an aromatic ring is 1. The monoisotopic (exact) mass is 315 g/mol. The molecule has 3 aromatic rings. The number of hydrogen-bond donors (Lipinski definition) is 3. The zero-order valence-corrected chi connectivity index (χ0v) is 12.0. The highest BCUT2D eigenvalue weighted by atomic mass is 35.5. The number of nitrogens with two attached hydrogens (primary N) is 1. The molecule has 0 bridgehead atoms. The molecule has 7 heteroatoms. The predicted octanol–water partition coefficient (Wildman–Crippen LogP) is 3.22. The van der Waals surface area contributed by atoms with E-state index in [1.54, 1.807) is 30.6 Å². The van der Waals surface area contributed by atoms with Gasteiger partial charge in [-0.25, -0.2) is 9.37 Å². The van der Waals surface area contributed by atoms with E-state index in [0.29, 0.717) is 17.2 Å². The van der Waals surface area contributed by atoms with E-state index in [9.17, 15) is 4.39 Å². The summed E-state index contributed by atoms with van der Waals surface area (Å²) in [4.78, 5) is 11.3. The summed E-state index contributed by atoms with van der Waals surface area (Å²) < 4.78 is 13.9. The summed E-state index contributed by atoms with van der Waals surface area (Å²) in [6, 6.07) is 7.85. The molecule has 0 saturated carbocycles. The third-order valence-corrected chi connectivity index (χ3v) is 3.44. The highest BCUT2D eigenvalue weighted by Crippen LogP contribution is 2.29. The number of rotatable bonds is 3. The molecule has 4 N–H and O–H groups in total. The van der Waals surface area contributed by atoms with Gasteiger partial charge in [-0.15, -0.1) is 0 Å². The van der Waals surface area contributed by atoms with E-state index in [0.717, 1.165) is 5.56 Å². The smallest absolute Gasteiger partial charge is 0.142 e. The first-order valence-electron chi connectivity index (χ1n) is 6.36. The van der Waals surface area contributed by atoms with Crippen LogP contribution in [-0.4, -0.2) is 20.8 Å². The van der Waals surface area contributed by atoms with Crippen LogP contribution < -0.4 is 5.73 Å². The van der Waals surface area contributed by atoms with Gasteiger partial charge in [0.15, 0.2) is 0 Å². The van der Waals surface area contributed by atoms with Crippen LogP contribution in [0, 0.1) is 11.2 Å². The van der Waals surface area contributed by atoms with E-state index in [1.165, 1.54) is 12.1 Å². The van der Waals surface area contributed by atoms with Crippen molar-refractivity contribution >= 4 is 17.4 Å². The minimum Gasteiger partial charge on any atom is -0.382 e. The van der Waals surface area contributed by atoms with Crippen LogP contribution in [0.4, 0.5) is 4.39 Å². The predicted molar refractivity (Wildman–Crippen MR) is 83.2 cm³/mol. The highest BCUT2D eigenvalue weighted by Gasteiger charge is 2.13. The molecule has 3 rings (SSSR count). The van der Waals surface area contributed by atoms with Gasteiger partial charge < -0.3 is 10.7 Å². The molecule has 0 amide bonds. The first-order valence-corrected chi connectivity index (χ1v) is 6.74. The number of amidine groups is 1. The quantitative estimate of drug-likeness (QED) is 0.512. The number of pyridine rings is 1. The van der Waals surface area contributed by atoms with E-state index in [1.807, 2.05) is 0 Å². The fourth-order valence-electron chi connectivity index (χ4n) is 2.03. The van der Waals surface area contributed by atoms with E-state index >= 15 is 0 Å². The van der Waals surface area contributed by atoms with Crippen molar-refractivity contribution in [2.45, 2.75) is 0 Å². The lowest BCUT2D eigenvalue weighted by Gasteiger charge is -2.02. The van der Waals surface area contributed by atoms with Crippen molar-refractivity contribution < 1.29 is 4.39 Å². The minimum atomic E-state index is -0.446. The number of benzene rings is 1. The maximum absolute atomic E-state index is 13.9. The van der Waals surface area contributed by atoms with Gasteiger partial charge in [-0.2, -0.15) is 0 Å². The van der Waals surface area contributed by atoms with Crippen LogP contribution in [0.1, 0.15) is 5.69 Å². The van der Waals surface area contributed by atoms with Crippen LogP contribution in [0.2, 0.25) is 5.02 Å². The van der Waals surface area contributed by atoms with Gasteiger partial charge in [0, 0.05) is 11.8 Å². The van der Waals surface area contributed by atoms with Crippen LogP contribution in [0.5, 0.6) is 0 Å². The van der Waals surface area contributed by atoms with E-state index in [-0.39, 0.29) is 16.4 Å². The maximum atomic E-state index is 13.9. The molecule has 1 aromatic carbocycles. The van der Waals surface area contributed by atoms with Crippen molar-refractivity contribution in [3.63, 3.8) is 0 Å². The SMILES string of the molecule is N=C(N)c1ccc(-c2cnc(-c3c(F)cccc3Cl)[nH]2)cn1. The molecule has 0 unspecified atom stereocenters. The second kappa shape index (κ2) is 5.57. The van der Waals surface area contributed by atoms with Gasteiger partial charge in [0.2, 0.25) is 0 Å². The Balaban J connectivity index is 1.99. The van der Waals surface area contributed by atoms with Crippen molar-refractivity contribution in [1.29, 1.82) is 5.41 Å². The standard InChI is InChI=1S/C15H11ClFN5/c16-9-2-1-3-10(17)13(9)15-21-7-12(22-15)8-4-5-11(14(18)19)20-6-8/h1-7H,(H3,18,19)(H,21,22). The molecule has 0 aliphatic heterocycles. The number of aromatic amines is 1. The van der Waals surface area contributed by atoms with Crippen molar-refractivity contribution in [1.82, 2.24) is 15.0 Å². The van der Waals surface area contributed by atoms with Gasteiger partial charge >= 0.3 is 0 Å². The Morgan fingerprint density at radius 3 is 2.64 bits per heavy atom. The summed E-state index contributed by atoms with van der Waals surface area (Å²) in [7, 11) is 0. The van der Waals surface area contributed by atoms with Gasteiger partial charge in [0.25, 0.3) is 0 Å². The van der Waals surface area contributed by atoms with Gasteiger partial charge in [-0.1, -0.05) is 17.7 Å². The summed E-state index contributed by atoms with van der Waals surface area (Å²) in [5.74, 6) is -0.206. The van der Waals surface area contributed by atoms with Crippen molar-refractivity contribution in [3.05, 3.63) is 59.3 Å². The van der Waals surface area contributed by atoms with Gasteiger partial charge in [-0.05, 0) is 24.3 Å². The van der Waals surface area contributed by atoms with Gasteiger partial charge in [0.1, 0.15) is 23.2 Å². The number of hydrogen-bond acceptors (Lipinski definition) is 3. The van der Waals surface area contributed by atoms with Crippen LogP contribution in [0.25, 0.3) is 22.6 Å². The molecule has 0 radical (unpaired) electrons. The largest absolute Gasteiger partial charge is 0.382 e. The van der Waals surface area contributed by atoms with Crippen LogP contribution in [-0.2, 0) is 0 Å². The number of imidazole rings is 1. The van der Waals surface area contributed by atoms with Crippen LogP contribution in [0.3, 0.4) is 0 Å². The Morgan fingerprint density at radius 1 is 1.18 bits per heavy atom. The average molecular weight is 316 g/mol. The van der Waals surface area contributed by atoms with Crippen molar-refractivity contribution in [3.8, 4) is 22.6 Å². The third kappa shape index (κ3) is 2.56. The summed E-state index contributed by atoms with van der Waals surface area (Å²) in [5, 5.41) is 7.60. The molecule has 0 saturated heterocycles. The Labute approximate surface area is 130 Å². The molecule has 0 aliphatic carbocycles. The maximum Gasteiger partial charge on any atom is 0.142 e. The molecule has 0 aliphatic rings. The molecular formula is C15H11ClFN5. The number of halogens is 2. The molecule has 5 nitrogen and oxygen atoms in total. The number of nitrogens with zero attached hydrogens (tertiary/aromatic N) is 2. The topological polar surface area (TPSA) is 91.4 Å². The van der Waals surface area contributed by atoms with E-state index < -0.39 is 5.82 Å². The molecule has 2 heterocycles. The van der Waals surface area contributed by atoms with Gasteiger partial charge in [-0.3, -0.25) is 10.4 Å². The molecule has 0 fully saturated rings. The summed E-state index contributed by atoms with van der Waals surface area (Å²) in [6.45, 7) is 0. The summed E-state index contributed by atoms with van der Waals surface area (Å²) in [5.41, 5.74) is 7.39. The lowest BCUT2D eigenvalue weighted by Crippen LogP contribution is -2.12. The fourth-order valence-corrected chi connectivity index (χ4v) is 2.28. The molecule has 2 aromatic heterocycles. The number of aromatic nitrogens is 3. The van der Waals surface area contributed by atoms with E-state index in [4.69, 9.17) is 22.7 Å². The van der Waals surface area contributed by atoms with Gasteiger partial charge in [0.05, 0.1) is 22.5 Å². The number of nitrogens with one attached hydrogen (secondary N) is 2. The second-order valence-corrected chi connectivity index (χ2v) is 5.00. The lowest BCUT2D eigenvalue weighted by molar-refractivity contribution is 0.630. The summed E-state index contributed by atoms with van der Waals surface area (Å²) in [6.07, 6.45) is 3.14. The lowest BCUT2D eigenvalue weighted by atomic mass is 10.2. The summed E-state index contributed by atoms with van der Waals surface area (Å²) >= 11 is 6.03. The molecule has 0 spiro atoms. The first kappa shape index (κ1) is 14.2.